The molecule has 1 aliphatic heterocycles. The number of aryl methyl sites for hydroxylation is 1. The first-order chi connectivity index (χ1) is 19.5. The van der Waals surface area contributed by atoms with E-state index in [1.807, 2.05) is 26.8 Å². The molecule has 10 nitrogen and oxygen atoms in total. The van der Waals surface area contributed by atoms with Crippen molar-refractivity contribution in [3.05, 3.63) is 81.9 Å². The van der Waals surface area contributed by atoms with E-state index in [-0.39, 0.29) is 51.3 Å². The lowest BCUT2D eigenvalue weighted by atomic mass is 9.94. The van der Waals surface area contributed by atoms with Gasteiger partial charge in [-0.05, 0) is 42.7 Å². The molecule has 3 aromatic rings. The number of Topliss-reactive ketones (excluding diaryl/α,β-unsaturated/α-hetero) is 1. The average Bonchev–Trinajstić information content (AvgIpc) is 3.23. The van der Waals surface area contributed by atoms with Crippen molar-refractivity contribution in [3.8, 4) is 12.1 Å². The smallest absolute Gasteiger partial charge is 0.338 e. The molecule has 206 valence electrons. The van der Waals surface area contributed by atoms with Crippen molar-refractivity contribution in [2.75, 3.05) is 17.2 Å². The monoisotopic (exact) mass is 567 g/mol. The molecule has 11 heteroatoms. The number of nitriles is 2. The largest absolute Gasteiger partial charge is 0.454 e. The van der Waals surface area contributed by atoms with Gasteiger partial charge in [0.1, 0.15) is 23.0 Å². The van der Waals surface area contributed by atoms with Crippen LogP contribution in [0.3, 0.4) is 0 Å². The molecule has 1 aliphatic rings. The van der Waals surface area contributed by atoms with E-state index in [9.17, 15) is 29.7 Å². The predicted octanol–water partition coefficient (Wildman–Crippen LogP) is 4.30. The zero-order valence-corrected chi connectivity index (χ0v) is 23.3. The fourth-order valence-electron chi connectivity index (χ4n) is 4.37. The van der Waals surface area contributed by atoms with Gasteiger partial charge in [0.2, 0.25) is 11.8 Å². The van der Waals surface area contributed by atoms with Gasteiger partial charge in [0.05, 0.1) is 27.6 Å². The van der Waals surface area contributed by atoms with Crippen LogP contribution in [0.2, 0.25) is 0 Å². The van der Waals surface area contributed by atoms with Gasteiger partial charge in [-0.15, -0.1) is 0 Å². The highest BCUT2D eigenvalue weighted by atomic mass is 32.2. The SMILES string of the molecule is Cc1ccc(C(=O)COC(=O)c2ccc(N3C(=O)CC(Sc4nc(N)c(C#N)c(C(C)C)c4C#N)C3=O)cc2)cc1. The maximum atomic E-state index is 13.3. The van der Waals surface area contributed by atoms with Crippen molar-refractivity contribution in [2.45, 2.75) is 43.4 Å². The summed E-state index contributed by atoms with van der Waals surface area (Å²) in [5, 5.41) is 18.6. The van der Waals surface area contributed by atoms with Gasteiger partial charge >= 0.3 is 5.97 Å². The molecule has 1 unspecified atom stereocenters. The van der Waals surface area contributed by atoms with Crippen molar-refractivity contribution in [1.29, 1.82) is 10.5 Å². The lowest BCUT2D eigenvalue weighted by Gasteiger charge is -2.17. The van der Waals surface area contributed by atoms with Crippen LogP contribution in [0.5, 0.6) is 0 Å². The topological polar surface area (TPSA) is 167 Å². The Bertz CT molecular complexity index is 1640. The summed E-state index contributed by atoms with van der Waals surface area (Å²) in [5.41, 5.74) is 8.53. The van der Waals surface area contributed by atoms with Crippen molar-refractivity contribution in [2.24, 2.45) is 0 Å². The van der Waals surface area contributed by atoms with E-state index < -0.39 is 29.6 Å². The van der Waals surface area contributed by atoms with Crippen molar-refractivity contribution in [3.63, 3.8) is 0 Å². The Hall–Kier alpha value is -5.00. The van der Waals surface area contributed by atoms with Gasteiger partial charge in [-0.3, -0.25) is 14.4 Å². The Balaban J connectivity index is 1.47. The molecule has 2 amide bonds. The lowest BCUT2D eigenvalue weighted by molar-refractivity contribution is -0.121. The van der Waals surface area contributed by atoms with E-state index in [0.29, 0.717) is 11.1 Å². The summed E-state index contributed by atoms with van der Waals surface area (Å²) in [6, 6.07) is 16.7. The number of carbonyl (C=O) groups is 4. The van der Waals surface area contributed by atoms with E-state index >= 15 is 0 Å². The molecule has 1 atom stereocenters. The van der Waals surface area contributed by atoms with Gasteiger partial charge < -0.3 is 10.5 Å². The fourth-order valence-corrected chi connectivity index (χ4v) is 5.50. The number of benzene rings is 2. The van der Waals surface area contributed by atoms with Gasteiger partial charge in [-0.25, -0.2) is 14.7 Å². The van der Waals surface area contributed by atoms with Crippen molar-refractivity contribution < 1.29 is 23.9 Å². The van der Waals surface area contributed by atoms with Crippen molar-refractivity contribution in [1.82, 2.24) is 4.98 Å². The number of anilines is 2. The van der Waals surface area contributed by atoms with Crippen LogP contribution in [0.25, 0.3) is 0 Å². The zero-order valence-electron chi connectivity index (χ0n) is 22.5. The number of pyridine rings is 1. The van der Waals surface area contributed by atoms with E-state index in [1.54, 1.807) is 24.3 Å². The van der Waals surface area contributed by atoms with Crippen LogP contribution in [0.4, 0.5) is 11.5 Å². The number of rotatable bonds is 8. The third kappa shape index (κ3) is 5.96. The normalized spacial score (nSPS) is 14.6. The first-order valence-corrected chi connectivity index (χ1v) is 13.5. The molecular weight excluding hydrogens is 542 g/mol. The molecule has 2 aromatic carbocycles. The number of esters is 1. The second kappa shape index (κ2) is 12.0. The summed E-state index contributed by atoms with van der Waals surface area (Å²) in [7, 11) is 0. The summed E-state index contributed by atoms with van der Waals surface area (Å²) >= 11 is 0.953. The molecule has 0 aliphatic carbocycles. The van der Waals surface area contributed by atoms with Gasteiger partial charge in [-0.1, -0.05) is 55.4 Å². The molecule has 41 heavy (non-hydrogen) atoms. The predicted molar refractivity (Wildman–Crippen MR) is 151 cm³/mol. The number of nitrogen functional groups attached to an aromatic ring is 1. The zero-order chi connectivity index (χ0) is 29.8. The minimum atomic E-state index is -0.869. The molecule has 0 radical (unpaired) electrons. The minimum absolute atomic E-state index is 0.0469. The Morgan fingerprint density at radius 2 is 1.66 bits per heavy atom. The summed E-state index contributed by atoms with van der Waals surface area (Å²) in [5.74, 6) is -2.29. The quantitative estimate of drug-likeness (QED) is 0.235. The Kier molecular flexibility index (Phi) is 8.51. The number of thioether (sulfide) groups is 1. The number of amides is 2. The third-order valence-electron chi connectivity index (χ3n) is 6.46. The van der Waals surface area contributed by atoms with Crippen LogP contribution < -0.4 is 10.6 Å². The number of imide groups is 1. The number of carbonyl (C=O) groups excluding carboxylic acids is 4. The highest BCUT2D eigenvalue weighted by Crippen LogP contribution is 2.38. The van der Waals surface area contributed by atoms with Gasteiger partial charge in [0.25, 0.3) is 0 Å². The molecule has 0 bridgehead atoms. The Morgan fingerprint density at radius 3 is 2.24 bits per heavy atom. The summed E-state index contributed by atoms with van der Waals surface area (Å²) in [6.07, 6.45) is -0.141. The molecule has 2 heterocycles. The molecule has 1 fully saturated rings. The van der Waals surface area contributed by atoms with Crippen LogP contribution in [0, 0.1) is 29.6 Å². The van der Waals surface area contributed by atoms with E-state index in [0.717, 1.165) is 22.2 Å². The number of aromatic nitrogens is 1. The summed E-state index contributed by atoms with van der Waals surface area (Å²) in [6.45, 7) is 5.11. The molecule has 0 spiro atoms. The van der Waals surface area contributed by atoms with Crippen LogP contribution in [-0.2, 0) is 14.3 Å². The van der Waals surface area contributed by atoms with Crippen LogP contribution in [0.15, 0.2) is 53.6 Å². The maximum absolute atomic E-state index is 13.3. The molecule has 4 rings (SSSR count). The van der Waals surface area contributed by atoms with E-state index in [4.69, 9.17) is 10.5 Å². The highest BCUT2D eigenvalue weighted by Gasteiger charge is 2.41. The molecule has 0 saturated carbocycles. The van der Waals surface area contributed by atoms with E-state index in [1.165, 1.54) is 24.3 Å². The number of nitrogens with two attached hydrogens (primary N) is 1. The van der Waals surface area contributed by atoms with Crippen LogP contribution >= 0.6 is 11.8 Å². The number of ketones is 1. The molecule has 2 N–H and O–H groups in total. The standard InChI is InChI=1S/C30H25N5O5S/c1-16(2)26-21(13-31)27(33)34-28(22(26)14-32)41-24-12-25(37)35(29(24)38)20-10-8-19(9-11-20)30(39)40-15-23(36)18-6-4-17(3)5-7-18/h4-11,16,24H,12,15H2,1-3H3,(H2,33,34). The molecular formula is C30H25N5O5S. The first-order valence-electron chi connectivity index (χ1n) is 12.6. The summed E-state index contributed by atoms with van der Waals surface area (Å²) in [4.78, 5) is 56.1. The van der Waals surface area contributed by atoms with Gasteiger partial charge in [0.15, 0.2) is 12.4 Å². The first kappa shape index (κ1) is 29.0. The minimum Gasteiger partial charge on any atom is -0.454 e. The Morgan fingerprint density at radius 1 is 1.05 bits per heavy atom. The van der Waals surface area contributed by atoms with Gasteiger partial charge in [-0.2, -0.15) is 10.5 Å². The highest BCUT2D eigenvalue weighted by molar-refractivity contribution is 8.00. The van der Waals surface area contributed by atoms with Crippen molar-refractivity contribution >= 4 is 46.8 Å². The summed E-state index contributed by atoms with van der Waals surface area (Å²) < 4.78 is 5.14. The second-order valence-corrected chi connectivity index (χ2v) is 10.8. The molecule has 1 saturated heterocycles. The number of hydrogen-bond donors (Lipinski definition) is 1. The van der Waals surface area contributed by atoms with Crippen LogP contribution in [0.1, 0.15) is 69.2 Å². The second-order valence-electron chi connectivity index (χ2n) is 9.63. The number of nitrogens with zero attached hydrogens (tertiary/aromatic N) is 4. The maximum Gasteiger partial charge on any atom is 0.338 e. The number of hydrogen-bond acceptors (Lipinski definition) is 10. The Labute approximate surface area is 240 Å². The van der Waals surface area contributed by atoms with Crippen LogP contribution in [-0.4, -0.2) is 40.4 Å². The number of ether oxygens (including phenoxy) is 1. The molecule has 1 aromatic heterocycles. The van der Waals surface area contributed by atoms with E-state index in [2.05, 4.69) is 11.1 Å². The van der Waals surface area contributed by atoms with Gasteiger partial charge in [0, 0.05) is 12.0 Å². The third-order valence-corrected chi connectivity index (χ3v) is 7.63. The average molecular weight is 568 g/mol. The fraction of sp³-hybridized carbons (Fsp3) is 0.233. The lowest BCUT2D eigenvalue weighted by Crippen LogP contribution is -2.31.